The van der Waals surface area contributed by atoms with E-state index < -0.39 is 91.4 Å². The van der Waals surface area contributed by atoms with Crippen LogP contribution in [0.25, 0.3) is 44.5 Å². The van der Waals surface area contributed by atoms with Crippen LogP contribution < -0.4 is 5.32 Å². The second kappa shape index (κ2) is 16.7. The quantitative estimate of drug-likeness (QED) is 0.179. The number of rotatable bonds is 3. The van der Waals surface area contributed by atoms with Crippen LogP contribution in [0.3, 0.4) is 0 Å². The van der Waals surface area contributed by atoms with E-state index in [1.807, 2.05) is 0 Å². The number of nitrogens with one attached hydrogen (secondary N) is 1. The zero-order valence-corrected chi connectivity index (χ0v) is 38.7. The number of carbonyl (C=O) groups is 1. The SMILES string of the molecule is CC(C)(C)c1nc2cc(C(F)(F)F)c(-c3cc4oc(C(C)(C)C)nc4cc3C(F)(F)F)cc2o1.Cc1cc(C(F)(F)F)c(-c2cc(Br)c(NC(=O)C(C)(C)C)cc2C(F)(F)F)cc1Br. The van der Waals surface area contributed by atoms with Gasteiger partial charge in [-0.1, -0.05) is 78.2 Å². The van der Waals surface area contributed by atoms with Gasteiger partial charge >= 0.3 is 24.7 Å². The van der Waals surface area contributed by atoms with Crippen molar-refractivity contribution in [2.75, 3.05) is 5.32 Å². The molecule has 0 saturated heterocycles. The van der Waals surface area contributed by atoms with E-state index in [0.29, 0.717) is 18.2 Å². The Morgan fingerprint density at radius 1 is 0.500 bits per heavy atom. The highest BCUT2D eigenvalue weighted by Gasteiger charge is 2.42. The number of hydrogen-bond donors (Lipinski definition) is 1. The number of amides is 1. The van der Waals surface area contributed by atoms with Crippen molar-refractivity contribution in [1.29, 1.82) is 0 Å². The number of anilines is 1. The van der Waals surface area contributed by atoms with Gasteiger partial charge in [-0.05, 0) is 99.2 Å². The Kier molecular flexibility index (Phi) is 13.1. The number of fused-ring (bicyclic) bond motifs is 2. The van der Waals surface area contributed by atoms with E-state index in [1.165, 1.54) is 6.92 Å². The maximum Gasteiger partial charge on any atom is 0.417 e. The van der Waals surface area contributed by atoms with Crippen LogP contribution in [0, 0.1) is 12.3 Å². The molecule has 2 heterocycles. The highest BCUT2D eigenvalue weighted by Crippen LogP contribution is 2.48. The van der Waals surface area contributed by atoms with Gasteiger partial charge in [0.1, 0.15) is 11.0 Å². The molecule has 6 rings (SSSR count). The molecule has 0 fully saturated rings. The van der Waals surface area contributed by atoms with Crippen LogP contribution in [0.2, 0.25) is 0 Å². The van der Waals surface area contributed by atoms with Gasteiger partial charge in [-0.15, -0.1) is 0 Å². The van der Waals surface area contributed by atoms with Gasteiger partial charge in [-0.2, -0.15) is 52.7 Å². The molecular weight excluding hydrogens is 1010 g/mol. The number of halogens is 14. The number of benzene rings is 4. The molecule has 64 heavy (non-hydrogen) atoms. The normalized spacial score (nSPS) is 13.4. The third-order valence-electron chi connectivity index (χ3n) is 9.48. The van der Waals surface area contributed by atoms with E-state index >= 15 is 0 Å². The van der Waals surface area contributed by atoms with Crippen molar-refractivity contribution in [3.63, 3.8) is 0 Å². The second-order valence-electron chi connectivity index (χ2n) is 18.0. The second-order valence-corrected chi connectivity index (χ2v) is 19.7. The minimum absolute atomic E-state index is 0.0212. The Hall–Kier alpha value is -4.59. The van der Waals surface area contributed by atoms with E-state index in [9.17, 15) is 57.5 Å². The fourth-order valence-corrected chi connectivity index (χ4v) is 6.87. The largest absolute Gasteiger partial charge is 0.440 e. The van der Waals surface area contributed by atoms with Crippen LogP contribution in [-0.4, -0.2) is 15.9 Å². The van der Waals surface area contributed by atoms with Crippen LogP contribution in [0.5, 0.6) is 0 Å². The molecule has 2 aromatic heterocycles. The van der Waals surface area contributed by atoms with Gasteiger partial charge in [0.05, 0.1) is 27.9 Å². The predicted molar refractivity (Wildman–Crippen MR) is 225 cm³/mol. The maximum absolute atomic E-state index is 14.0. The number of alkyl halides is 12. The highest BCUT2D eigenvalue weighted by molar-refractivity contribution is 9.11. The smallest absolute Gasteiger partial charge is 0.417 e. The average Bonchev–Trinajstić information content (AvgIpc) is 3.75. The molecule has 0 spiro atoms. The van der Waals surface area contributed by atoms with E-state index in [0.717, 1.165) is 30.3 Å². The molecule has 0 radical (unpaired) electrons. The summed E-state index contributed by atoms with van der Waals surface area (Å²) in [5.41, 5.74) is -9.99. The molecule has 346 valence electrons. The van der Waals surface area contributed by atoms with Crippen LogP contribution in [0.1, 0.15) is 102 Å². The first-order valence-corrected chi connectivity index (χ1v) is 20.5. The Morgan fingerprint density at radius 2 is 0.828 bits per heavy atom. The van der Waals surface area contributed by atoms with Crippen LogP contribution >= 0.6 is 31.9 Å². The summed E-state index contributed by atoms with van der Waals surface area (Å²) in [6, 6.07) is 6.73. The van der Waals surface area contributed by atoms with Crippen molar-refractivity contribution >= 4 is 65.7 Å². The molecule has 1 N–H and O–H groups in total. The lowest BCUT2D eigenvalue weighted by Gasteiger charge is -2.22. The van der Waals surface area contributed by atoms with Gasteiger partial charge in [0.25, 0.3) is 0 Å². The van der Waals surface area contributed by atoms with E-state index in [2.05, 4.69) is 47.1 Å². The van der Waals surface area contributed by atoms with Gasteiger partial charge in [0.2, 0.25) is 17.7 Å². The molecular formula is C44H39Br2F12N3O3. The zero-order valence-electron chi connectivity index (χ0n) is 35.5. The number of hydrogen-bond acceptors (Lipinski definition) is 5. The molecule has 0 aliphatic rings. The Balaban J connectivity index is 0.000000243. The summed E-state index contributed by atoms with van der Waals surface area (Å²) in [5, 5.41) is 2.39. The highest BCUT2D eigenvalue weighted by atomic mass is 79.9. The fraction of sp³-hybridized carbons (Fsp3) is 0.386. The Morgan fingerprint density at radius 3 is 1.17 bits per heavy atom. The van der Waals surface area contributed by atoms with Gasteiger partial charge in [-0.3, -0.25) is 4.79 Å². The van der Waals surface area contributed by atoms with Crippen molar-refractivity contribution in [2.24, 2.45) is 5.41 Å². The van der Waals surface area contributed by atoms with Crippen LogP contribution in [0.4, 0.5) is 58.4 Å². The molecule has 1 amide bonds. The number of aryl methyl sites for hydroxylation is 1. The molecule has 0 aliphatic heterocycles. The van der Waals surface area contributed by atoms with Gasteiger partial charge in [0.15, 0.2) is 11.2 Å². The lowest BCUT2D eigenvalue weighted by Crippen LogP contribution is -2.28. The summed E-state index contributed by atoms with van der Waals surface area (Å²) < 4.78 is 178. The van der Waals surface area contributed by atoms with Crippen molar-refractivity contribution in [2.45, 2.75) is 105 Å². The number of oxazole rings is 2. The van der Waals surface area contributed by atoms with E-state index in [4.69, 9.17) is 8.83 Å². The van der Waals surface area contributed by atoms with Gasteiger partial charge < -0.3 is 14.2 Å². The van der Waals surface area contributed by atoms with Gasteiger partial charge in [-0.25, -0.2) is 9.97 Å². The predicted octanol–water partition coefficient (Wildman–Crippen LogP) is 16.5. The average molecular weight is 1050 g/mol. The Bertz CT molecular complexity index is 2650. The number of aromatic nitrogens is 2. The summed E-state index contributed by atoms with van der Waals surface area (Å²) in [6.45, 7) is 16.7. The minimum atomic E-state index is -4.96. The summed E-state index contributed by atoms with van der Waals surface area (Å²) >= 11 is 6.16. The lowest BCUT2D eigenvalue weighted by atomic mass is 9.92. The molecule has 0 unspecified atom stereocenters. The zero-order chi connectivity index (χ0) is 48.7. The van der Waals surface area contributed by atoms with E-state index in [1.54, 1.807) is 62.3 Å². The number of nitrogens with zero attached hydrogens (tertiary/aromatic N) is 2. The van der Waals surface area contributed by atoms with Crippen molar-refractivity contribution in [1.82, 2.24) is 9.97 Å². The summed E-state index contributed by atoms with van der Waals surface area (Å²) in [4.78, 5) is 20.5. The van der Waals surface area contributed by atoms with Crippen LogP contribution in [0.15, 0.2) is 66.3 Å². The summed E-state index contributed by atoms with van der Waals surface area (Å²) in [5.74, 6) is -0.202. The molecule has 0 saturated carbocycles. The summed E-state index contributed by atoms with van der Waals surface area (Å²) in [6.07, 6.45) is -19.7. The molecule has 6 nitrogen and oxygen atoms in total. The first kappa shape index (κ1) is 50.4. The molecule has 20 heteroatoms. The fourth-order valence-electron chi connectivity index (χ4n) is 6.08. The standard InChI is InChI=1S/C24H22F6N2O2.C20H17Br2F6NO/c1-21(2,3)19-31-15-9-13(23(25,26)27)11(7-17(15)33-19)12-8-18-16(10-14(12)24(28,29)30)32-20(34-18)22(4,5)6;1-9-5-12(19(23,24)25)10(6-14(9)21)11-7-15(22)16(8-13(11)20(26,27)28)29-17(30)18(2,3)4/h7-10H,1-6H3;5-8H,1-4H3,(H,29,30). The summed E-state index contributed by atoms with van der Waals surface area (Å²) in [7, 11) is 0. The number of carbonyl (C=O) groups excluding carboxylic acids is 1. The third-order valence-corrected chi connectivity index (χ3v) is 11.0. The maximum atomic E-state index is 14.0. The van der Waals surface area contributed by atoms with Crippen molar-refractivity contribution in [3.8, 4) is 22.3 Å². The molecule has 0 aliphatic carbocycles. The van der Waals surface area contributed by atoms with E-state index in [-0.39, 0.29) is 54.2 Å². The molecule has 0 atom stereocenters. The van der Waals surface area contributed by atoms with Crippen LogP contribution in [-0.2, 0) is 40.3 Å². The molecule has 0 bridgehead atoms. The minimum Gasteiger partial charge on any atom is -0.440 e. The first-order valence-electron chi connectivity index (χ1n) is 18.9. The Labute approximate surface area is 375 Å². The molecule has 6 aromatic rings. The van der Waals surface area contributed by atoms with Crippen molar-refractivity contribution < 1.29 is 66.3 Å². The first-order chi connectivity index (χ1) is 28.8. The lowest BCUT2D eigenvalue weighted by molar-refractivity contribution is -0.139. The monoisotopic (exact) mass is 1040 g/mol. The van der Waals surface area contributed by atoms with Crippen molar-refractivity contribution in [3.05, 3.63) is 97.1 Å². The molecule has 4 aromatic carbocycles. The topological polar surface area (TPSA) is 81.2 Å². The van der Waals surface area contributed by atoms with Gasteiger partial charge in [0, 0.05) is 25.2 Å². The third kappa shape index (κ3) is 10.9.